The number of hydrogen-bond acceptors (Lipinski definition) is 4. The third-order valence-corrected chi connectivity index (χ3v) is 3.25. The molecule has 1 rings (SSSR count). The second-order valence-electron chi connectivity index (χ2n) is 3.98. The SMILES string of the molecule is CCOC(=O)CSCCOc1cc(C)ccc1C. The zero-order chi connectivity index (χ0) is 13.4. The van der Waals surface area contributed by atoms with Crippen molar-refractivity contribution in [2.24, 2.45) is 0 Å². The van der Waals surface area contributed by atoms with Crippen LogP contribution in [0.4, 0.5) is 0 Å². The Morgan fingerprint density at radius 3 is 2.83 bits per heavy atom. The Morgan fingerprint density at radius 2 is 2.11 bits per heavy atom. The lowest BCUT2D eigenvalue weighted by atomic mass is 10.1. The molecule has 0 heterocycles. The molecule has 1 aromatic rings. The average Bonchev–Trinajstić information content (AvgIpc) is 2.33. The van der Waals surface area contributed by atoms with Gasteiger partial charge in [0, 0.05) is 5.75 Å². The van der Waals surface area contributed by atoms with Crippen LogP contribution in [0, 0.1) is 13.8 Å². The molecule has 0 fully saturated rings. The summed E-state index contributed by atoms with van der Waals surface area (Å²) in [7, 11) is 0. The molecule has 0 radical (unpaired) electrons. The quantitative estimate of drug-likeness (QED) is 0.562. The fourth-order valence-corrected chi connectivity index (χ4v) is 2.03. The minimum atomic E-state index is -0.158. The highest BCUT2D eigenvalue weighted by Crippen LogP contribution is 2.19. The third kappa shape index (κ3) is 5.45. The molecule has 0 amide bonds. The molecule has 0 aromatic heterocycles. The zero-order valence-electron chi connectivity index (χ0n) is 11.2. The van der Waals surface area contributed by atoms with Gasteiger partial charge in [0.05, 0.1) is 19.0 Å². The lowest BCUT2D eigenvalue weighted by Crippen LogP contribution is -2.09. The molecule has 0 aliphatic rings. The first-order chi connectivity index (χ1) is 8.63. The van der Waals surface area contributed by atoms with E-state index in [2.05, 4.69) is 12.1 Å². The van der Waals surface area contributed by atoms with E-state index in [0.717, 1.165) is 17.1 Å². The summed E-state index contributed by atoms with van der Waals surface area (Å²) in [6.45, 7) is 6.93. The third-order valence-electron chi connectivity index (χ3n) is 2.35. The van der Waals surface area contributed by atoms with Crippen LogP contribution in [-0.2, 0) is 9.53 Å². The van der Waals surface area contributed by atoms with Crippen molar-refractivity contribution in [2.75, 3.05) is 24.7 Å². The summed E-state index contributed by atoms with van der Waals surface area (Å²) in [6, 6.07) is 6.15. The van der Waals surface area contributed by atoms with E-state index >= 15 is 0 Å². The van der Waals surface area contributed by atoms with E-state index in [4.69, 9.17) is 9.47 Å². The van der Waals surface area contributed by atoms with Gasteiger partial charge in [0.25, 0.3) is 0 Å². The second-order valence-corrected chi connectivity index (χ2v) is 5.08. The fourth-order valence-electron chi connectivity index (χ4n) is 1.43. The summed E-state index contributed by atoms with van der Waals surface area (Å²) in [5.74, 6) is 1.94. The van der Waals surface area contributed by atoms with E-state index < -0.39 is 0 Å². The highest BCUT2D eigenvalue weighted by atomic mass is 32.2. The summed E-state index contributed by atoms with van der Waals surface area (Å²) in [6.07, 6.45) is 0. The van der Waals surface area contributed by atoms with Crippen LogP contribution in [-0.4, -0.2) is 30.7 Å². The van der Waals surface area contributed by atoms with Gasteiger partial charge in [-0.05, 0) is 38.0 Å². The molecular weight excluding hydrogens is 248 g/mol. The van der Waals surface area contributed by atoms with Crippen LogP contribution in [0.3, 0.4) is 0 Å². The van der Waals surface area contributed by atoms with Crippen LogP contribution in [0.5, 0.6) is 5.75 Å². The second kappa shape index (κ2) is 8.03. The Labute approximate surface area is 113 Å². The van der Waals surface area contributed by atoms with E-state index in [1.54, 1.807) is 0 Å². The lowest BCUT2D eigenvalue weighted by Gasteiger charge is -2.09. The molecule has 1 aromatic carbocycles. The molecule has 0 aliphatic heterocycles. The topological polar surface area (TPSA) is 35.5 Å². The smallest absolute Gasteiger partial charge is 0.315 e. The van der Waals surface area contributed by atoms with E-state index in [9.17, 15) is 4.79 Å². The van der Waals surface area contributed by atoms with Crippen LogP contribution >= 0.6 is 11.8 Å². The fraction of sp³-hybridized carbons (Fsp3) is 0.500. The number of aryl methyl sites for hydroxylation is 2. The molecule has 3 nitrogen and oxygen atoms in total. The van der Waals surface area contributed by atoms with Crippen LogP contribution in [0.25, 0.3) is 0 Å². The molecule has 100 valence electrons. The Bertz CT molecular complexity index is 391. The maximum Gasteiger partial charge on any atom is 0.315 e. The number of hydrogen-bond donors (Lipinski definition) is 0. The number of thioether (sulfide) groups is 1. The van der Waals surface area contributed by atoms with Gasteiger partial charge >= 0.3 is 5.97 Å². The number of benzene rings is 1. The average molecular weight is 268 g/mol. The van der Waals surface area contributed by atoms with Crippen molar-refractivity contribution < 1.29 is 14.3 Å². The molecule has 0 unspecified atom stereocenters. The number of carbonyl (C=O) groups is 1. The number of carbonyl (C=O) groups excluding carboxylic acids is 1. The Balaban J connectivity index is 2.21. The predicted octanol–water partition coefficient (Wildman–Crippen LogP) is 2.98. The standard InChI is InChI=1S/C14H20O3S/c1-4-16-14(15)10-18-8-7-17-13-9-11(2)5-6-12(13)3/h5-6,9H,4,7-8,10H2,1-3H3. The molecule has 0 saturated carbocycles. The van der Waals surface area contributed by atoms with Crippen LogP contribution in [0.15, 0.2) is 18.2 Å². The van der Waals surface area contributed by atoms with Crippen molar-refractivity contribution in [2.45, 2.75) is 20.8 Å². The normalized spacial score (nSPS) is 10.2. The molecule has 0 spiro atoms. The Kier molecular flexibility index (Phi) is 6.65. The minimum absolute atomic E-state index is 0.158. The van der Waals surface area contributed by atoms with Crippen molar-refractivity contribution in [1.29, 1.82) is 0 Å². The van der Waals surface area contributed by atoms with Crippen LogP contribution < -0.4 is 4.74 Å². The summed E-state index contributed by atoms with van der Waals surface area (Å²) in [5, 5.41) is 0. The number of rotatable bonds is 7. The number of esters is 1. The molecule has 0 atom stereocenters. The van der Waals surface area contributed by atoms with Gasteiger partial charge in [0.1, 0.15) is 5.75 Å². The van der Waals surface area contributed by atoms with E-state index in [-0.39, 0.29) is 5.97 Å². The molecule has 0 saturated heterocycles. The first-order valence-electron chi connectivity index (χ1n) is 6.07. The van der Waals surface area contributed by atoms with Gasteiger partial charge in [-0.2, -0.15) is 0 Å². The van der Waals surface area contributed by atoms with Crippen molar-refractivity contribution in [3.05, 3.63) is 29.3 Å². The Morgan fingerprint density at radius 1 is 1.33 bits per heavy atom. The molecule has 0 aliphatic carbocycles. The van der Waals surface area contributed by atoms with Crippen molar-refractivity contribution in [1.82, 2.24) is 0 Å². The van der Waals surface area contributed by atoms with Gasteiger partial charge in [0.2, 0.25) is 0 Å². The zero-order valence-corrected chi connectivity index (χ0v) is 12.0. The van der Waals surface area contributed by atoms with Crippen LogP contribution in [0.2, 0.25) is 0 Å². The highest BCUT2D eigenvalue weighted by Gasteiger charge is 2.02. The minimum Gasteiger partial charge on any atom is -0.492 e. The van der Waals surface area contributed by atoms with Gasteiger partial charge in [-0.25, -0.2) is 0 Å². The molecule has 18 heavy (non-hydrogen) atoms. The molecule has 0 bridgehead atoms. The monoisotopic (exact) mass is 268 g/mol. The van der Waals surface area contributed by atoms with E-state index in [0.29, 0.717) is 19.0 Å². The van der Waals surface area contributed by atoms with E-state index in [1.165, 1.54) is 17.3 Å². The summed E-state index contributed by atoms with van der Waals surface area (Å²) < 4.78 is 10.5. The summed E-state index contributed by atoms with van der Waals surface area (Å²) >= 11 is 1.53. The number of ether oxygens (including phenoxy) is 2. The molecule has 4 heteroatoms. The van der Waals surface area contributed by atoms with Gasteiger partial charge in [-0.15, -0.1) is 11.8 Å². The van der Waals surface area contributed by atoms with Crippen molar-refractivity contribution in [3.63, 3.8) is 0 Å². The largest absolute Gasteiger partial charge is 0.492 e. The first kappa shape index (κ1) is 14.9. The summed E-state index contributed by atoms with van der Waals surface area (Å²) in [5.41, 5.74) is 2.32. The maximum atomic E-state index is 11.1. The summed E-state index contributed by atoms with van der Waals surface area (Å²) in [4.78, 5) is 11.1. The highest BCUT2D eigenvalue weighted by molar-refractivity contribution is 7.99. The van der Waals surface area contributed by atoms with Crippen molar-refractivity contribution in [3.8, 4) is 5.75 Å². The lowest BCUT2D eigenvalue weighted by molar-refractivity contribution is -0.139. The van der Waals surface area contributed by atoms with E-state index in [1.807, 2.05) is 26.8 Å². The van der Waals surface area contributed by atoms with Gasteiger partial charge in [-0.1, -0.05) is 12.1 Å². The molecular formula is C14H20O3S. The van der Waals surface area contributed by atoms with Gasteiger partial charge < -0.3 is 9.47 Å². The van der Waals surface area contributed by atoms with Crippen molar-refractivity contribution >= 4 is 17.7 Å². The van der Waals surface area contributed by atoms with Gasteiger partial charge in [-0.3, -0.25) is 4.79 Å². The van der Waals surface area contributed by atoms with Gasteiger partial charge in [0.15, 0.2) is 0 Å². The van der Waals surface area contributed by atoms with Crippen LogP contribution in [0.1, 0.15) is 18.1 Å². The molecule has 0 N–H and O–H groups in total. The first-order valence-corrected chi connectivity index (χ1v) is 7.22. The Hall–Kier alpha value is -1.16. The predicted molar refractivity (Wildman–Crippen MR) is 75.4 cm³/mol. The maximum absolute atomic E-state index is 11.1.